The first-order valence-corrected chi connectivity index (χ1v) is 9.31. The van der Waals surface area contributed by atoms with Gasteiger partial charge in [-0.05, 0) is 29.8 Å². The number of carbonyl (C=O) groups is 2. The molecule has 1 aliphatic rings. The van der Waals surface area contributed by atoms with E-state index in [-0.39, 0.29) is 10.4 Å². The fourth-order valence-electron chi connectivity index (χ4n) is 2.76. The van der Waals surface area contributed by atoms with Crippen LogP contribution in [0, 0.1) is 0 Å². The van der Waals surface area contributed by atoms with Crippen LogP contribution in [0.1, 0.15) is 17.5 Å². The van der Waals surface area contributed by atoms with Crippen LogP contribution in [0.15, 0.2) is 52.9 Å². The number of nitrogens with one attached hydrogen (secondary N) is 2. The van der Waals surface area contributed by atoms with Crippen molar-refractivity contribution in [3.8, 4) is 5.75 Å². The van der Waals surface area contributed by atoms with Crippen molar-refractivity contribution in [1.29, 1.82) is 0 Å². The molecule has 2 heterocycles. The van der Waals surface area contributed by atoms with Crippen LogP contribution in [0.4, 0.5) is 4.79 Å². The van der Waals surface area contributed by atoms with E-state index in [0.29, 0.717) is 43.1 Å². The number of aromatic nitrogens is 1. The predicted molar refractivity (Wildman–Crippen MR) is 102 cm³/mol. The Hall–Kier alpha value is -2.84. The summed E-state index contributed by atoms with van der Waals surface area (Å²) in [6.07, 6.45) is 0. The lowest BCUT2D eigenvalue weighted by Crippen LogP contribution is -2.21. The van der Waals surface area contributed by atoms with Crippen LogP contribution in [-0.4, -0.2) is 28.5 Å². The molecule has 1 aliphatic heterocycles. The van der Waals surface area contributed by atoms with E-state index in [9.17, 15) is 9.59 Å². The van der Waals surface area contributed by atoms with Crippen molar-refractivity contribution in [3.63, 3.8) is 0 Å². The first-order chi connectivity index (χ1) is 13.2. The summed E-state index contributed by atoms with van der Waals surface area (Å²) in [5.74, 6) is 1.34. The van der Waals surface area contributed by atoms with Crippen LogP contribution in [0.2, 0.25) is 0 Å². The van der Waals surface area contributed by atoms with Crippen molar-refractivity contribution in [2.45, 2.75) is 12.6 Å². The number of hydrogen-bond donors (Lipinski definition) is 2. The topological polar surface area (TPSA) is 93.5 Å². The molecule has 0 aliphatic carbocycles. The van der Waals surface area contributed by atoms with Gasteiger partial charge in [-0.3, -0.25) is 9.59 Å². The molecule has 2 aromatic carbocycles. The molecule has 7 nitrogen and oxygen atoms in total. The minimum atomic E-state index is -0.575. The Morgan fingerprint density at radius 2 is 1.96 bits per heavy atom. The number of carbonyl (C=O) groups excluding carboxylic acids is 2. The molecule has 1 aromatic heterocycles. The third-order valence-corrected chi connectivity index (χ3v) is 4.81. The Balaban J connectivity index is 1.22. The van der Waals surface area contributed by atoms with Crippen molar-refractivity contribution < 1.29 is 18.7 Å². The highest BCUT2D eigenvalue weighted by Gasteiger charge is 2.32. The van der Waals surface area contributed by atoms with Crippen molar-refractivity contribution in [2.24, 2.45) is 0 Å². The summed E-state index contributed by atoms with van der Waals surface area (Å²) in [7, 11) is 0. The smallest absolute Gasteiger partial charge is 0.287 e. The number of fused-ring (bicyclic) bond motifs is 1. The highest BCUT2D eigenvalue weighted by molar-refractivity contribution is 8.26. The lowest BCUT2D eigenvalue weighted by atomic mass is 10.1. The molecule has 4 rings (SSSR count). The molecule has 0 spiro atoms. The van der Waals surface area contributed by atoms with Gasteiger partial charge in [-0.15, -0.1) is 0 Å². The lowest BCUT2D eigenvalue weighted by molar-refractivity contribution is -0.112. The SMILES string of the molecule is O=C1NC(c2ccc(OCCNCc3nc4ccccc4o3)cc2)C(=O)S1. The molecule has 3 aromatic rings. The zero-order valence-corrected chi connectivity index (χ0v) is 15.1. The van der Waals surface area contributed by atoms with E-state index in [1.165, 1.54) is 0 Å². The maximum absolute atomic E-state index is 11.7. The minimum Gasteiger partial charge on any atom is -0.492 e. The normalized spacial score (nSPS) is 16.7. The molecule has 1 saturated heterocycles. The van der Waals surface area contributed by atoms with Gasteiger partial charge in [0.25, 0.3) is 5.24 Å². The van der Waals surface area contributed by atoms with E-state index >= 15 is 0 Å². The van der Waals surface area contributed by atoms with Crippen molar-refractivity contribution >= 4 is 33.2 Å². The maximum Gasteiger partial charge on any atom is 0.287 e. The summed E-state index contributed by atoms with van der Waals surface area (Å²) < 4.78 is 11.3. The van der Waals surface area contributed by atoms with E-state index in [0.717, 1.165) is 16.7 Å². The molecular formula is C19H17N3O4S. The number of ether oxygens (including phenoxy) is 1. The summed E-state index contributed by atoms with van der Waals surface area (Å²) >= 11 is 0.705. The highest BCUT2D eigenvalue weighted by atomic mass is 32.2. The number of rotatable bonds is 7. The summed E-state index contributed by atoms with van der Waals surface area (Å²) in [5.41, 5.74) is 2.38. The Morgan fingerprint density at radius 1 is 1.15 bits per heavy atom. The predicted octanol–water partition coefficient (Wildman–Crippen LogP) is 3.02. The summed E-state index contributed by atoms with van der Waals surface area (Å²) in [6.45, 7) is 1.64. The third kappa shape index (κ3) is 4.12. The second-order valence-electron chi connectivity index (χ2n) is 5.96. The van der Waals surface area contributed by atoms with Gasteiger partial charge < -0.3 is 19.8 Å². The molecule has 8 heteroatoms. The summed E-state index contributed by atoms with van der Waals surface area (Å²) in [5, 5.41) is 5.36. The number of nitrogens with zero attached hydrogens (tertiary/aromatic N) is 1. The molecular weight excluding hydrogens is 366 g/mol. The number of para-hydroxylation sites is 2. The minimum absolute atomic E-state index is 0.183. The van der Waals surface area contributed by atoms with E-state index in [1.807, 2.05) is 24.3 Å². The van der Waals surface area contributed by atoms with E-state index in [2.05, 4.69) is 15.6 Å². The van der Waals surface area contributed by atoms with Crippen LogP contribution in [0.25, 0.3) is 11.1 Å². The molecule has 1 unspecified atom stereocenters. The van der Waals surface area contributed by atoms with Gasteiger partial charge in [-0.1, -0.05) is 24.3 Å². The van der Waals surface area contributed by atoms with Gasteiger partial charge in [0.05, 0.1) is 6.54 Å². The van der Waals surface area contributed by atoms with E-state index < -0.39 is 6.04 Å². The number of hydrogen-bond acceptors (Lipinski definition) is 7. The van der Waals surface area contributed by atoms with E-state index in [1.54, 1.807) is 24.3 Å². The second kappa shape index (κ2) is 7.81. The number of amides is 1. The average Bonchev–Trinajstić information content (AvgIpc) is 3.24. The summed E-state index contributed by atoms with van der Waals surface area (Å²) in [6, 6.07) is 14.2. The number of benzene rings is 2. The number of thioether (sulfide) groups is 1. The summed E-state index contributed by atoms with van der Waals surface area (Å²) in [4.78, 5) is 27.4. The van der Waals surface area contributed by atoms with Gasteiger partial charge in [0.2, 0.25) is 11.0 Å². The Kier molecular flexibility index (Phi) is 5.08. The van der Waals surface area contributed by atoms with Gasteiger partial charge in [0.15, 0.2) is 5.58 Å². The van der Waals surface area contributed by atoms with Crippen LogP contribution in [0.3, 0.4) is 0 Å². The monoisotopic (exact) mass is 383 g/mol. The number of oxazole rings is 1. The Morgan fingerprint density at radius 3 is 2.70 bits per heavy atom. The molecule has 0 bridgehead atoms. The molecule has 0 saturated carbocycles. The zero-order valence-electron chi connectivity index (χ0n) is 14.3. The molecule has 138 valence electrons. The van der Waals surface area contributed by atoms with Gasteiger partial charge >= 0.3 is 0 Å². The Labute approximate surface area is 159 Å². The molecule has 0 radical (unpaired) electrons. The molecule has 1 fully saturated rings. The van der Waals surface area contributed by atoms with Crippen LogP contribution in [0.5, 0.6) is 5.75 Å². The third-order valence-electron chi connectivity index (χ3n) is 4.07. The van der Waals surface area contributed by atoms with Gasteiger partial charge in [-0.2, -0.15) is 0 Å². The highest BCUT2D eigenvalue weighted by Crippen LogP contribution is 2.28. The van der Waals surface area contributed by atoms with Crippen molar-refractivity contribution in [2.75, 3.05) is 13.2 Å². The van der Waals surface area contributed by atoms with Crippen molar-refractivity contribution in [1.82, 2.24) is 15.6 Å². The zero-order chi connectivity index (χ0) is 18.6. The fourth-order valence-corrected chi connectivity index (χ4v) is 3.44. The molecule has 1 amide bonds. The average molecular weight is 383 g/mol. The van der Waals surface area contributed by atoms with Gasteiger partial charge in [0, 0.05) is 18.3 Å². The first kappa shape index (κ1) is 17.6. The first-order valence-electron chi connectivity index (χ1n) is 8.49. The second-order valence-corrected chi connectivity index (χ2v) is 6.93. The van der Waals surface area contributed by atoms with Gasteiger partial charge in [-0.25, -0.2) is 4.98 Å². The standard InChI is InChI=1S/C19H17N3O4S/c23-18-17(22-19(24)27-18)12-5-7-13(8-6-12)25-10-9-20-11-16-21-14-3-1-2-4-15(14)26-16/h1-8,17,20H,9-11H2,(H,22,24). The molecule has 1 atom stereocenters. The molecule has 27 heavy (non-hydrogen) atoms. The quantitative estimate of drug-likeness (QED) is 0.606. The van der Waals surface area contributed by atoms with Crippen LogP contribution in [-0.2, 0) is 11.3 Å². The lowest BCUT2D eigenvalue weighted by Gasteiger charge is -2.10. The van der Waals surface area contributed by atoms with E-state index in [4.69, 9.17) is 9.15 Å². The van der Waals surface area contributed by atoms with Crippen molar-refractivity contribution in [3.05, 3.63) is 60.0 Å². The largest absolute Gasteiger partial charge is 0.492 e. The van der Waals surface area contributed by atoms with Gasteiger partial charge in [0.1, 0.15) is 23.9 Å². The van der Waals surface area contributed by atoms with Crippen LogP contribution >= 0.6 is 11.8 Å². The molecule has 2 N–H and O–H groups in total. The fraction of sp³-hybridized carbons (Fsp3) is 0.211. The maximum atomic E-state index is 11.7. The Bertz CT molecular complexity index is 938. The van der Waals surface area contributed by atoms with Crippen LogP contribution < -0.4 is 15.4 Å².